The van der Waals surface area contributed by atoms with Crippen molar-refractivity contribution in [3.05, 3.63) is 24.1 Å². The maximum absolute atomic E-state index is 12.1. The van der Waals surface area contributed by atoms with E-state index in [2.05, 4.69) is 15.5 Å². The molecule has 0 bridgehead atoms. The molecule has 0 saturated heterocycles. The van der Waals surface area contributed by atoms with Crippen LogP contribution in [0, 0.1) is 0 Å². The van der Waals surface area contributed by atoms with Crippen LogP contribution in [0.15, 0.2) is 22.7 Å². The maximum Gasteiger partial charge on any atom is 0.241 e. The zero-order chi connectivity index (χ0) is 20.0. The smallest absolute Gasteiger partial charge is 0.241 e. The van der Waals surface area contributed by atoms with Gasteiger partial charge in [0, 0.05) is 11.1 Å². The second-order valence-corrected chi connectivity index (χ2v) is 7.18. The molecule has 0 unspecified atom stereocenters. The van der Waals surface area contributed by atoms with E-state index >= 15 is 0 Å². The SMILES string of the molecule is CCN(CC(=O)NC(C)(C)C)Cc1nc(-c2ccc(OC)c(OC)c2)no1. The van der Waals surface area contributed by atoms with Gasteiger partial charge in [-0.1, -0.05) is 12.1 Å². The van der Waals surface area contributed by atoms with Gasteiger partial charge >= 0.3 is 0 Å². The highest BCUT2D eigenvalue weighted by molar-refractivity contribution is 5.78. The number of methoxy groups -OCH3 is 2. The first kappa shape index (κ1) is 20.7. The minimum atomic E-state index is -0.262. The second-order valence-electron chi connectivity index (χ2n) is 7.18. The van der Waals surface area contributed by atoms with Gasteiger partial charge in [-0.15, -0.1) is 0 Å². The molecule has 1 aromatic heterocycles. The molecule has 0 spiro atoms. The zero-order valence-electron chi connectivity index (χ0n) is 16.8. The van der Waals surface area contributed by atoms with Gasteiger partial charge < -0.3 is 19.3 Å². The van der Waals surface area contributed by atoms with Crippen LogP contribution in [0.25, 0.3) is 11.4 Å². The summed E-state index contributed by atoms with van der Waals surface area (Å²) in [6.45, 7) is 9.19. The summed E-state index contributed by atoms with van der Waals surface area (Å²) in [6.07, 6.45) is 0. The van der Waals surface area contributed by atoms with Gasteiger partial charge in [-0.25, -0.2) is 0 Å². The molecule has 148 valence electrons. The fraction of sp³-hybridized carbons (Fsp3) is 0.526. The molecule has 0 fully saturated rings. The van der Waals surface area contributed by atoms with Crippen molar-refractivity contribution in [2.75, 3.05) is 27.3 Å². The number of nitrogens with one attached hydrogen (secondary N) is 1. The number of ether oxygens (including phenoxy) is 2. The van der Waals surface area contributed by atoms with Crippen molar-refractivity contribution in [1.82, 2.24) is 20.4 Å². The lowest BCUT2D eigenvalue weighted by molar-refractivity contribution is -0.123. The van der Waals surface area contributed by atoms with E-state index < -0.39 is 0 Å². The molecule has 0 aliphatic rings. The van der Waals surface area contributed by atoms with E-state index in [1.165, 1.54) is 0 Å². The van der Waals surface area contributed by atoms with Gasteiger partial charge in [0.05, 0.1) is 27.3 Å². The standard InChI is InChI=1S/C19H28N4O4/c1-7-23(11-16(24)21-19(2,3)4)12-17-20-18(22-27-17)13-8-9-14(25-5)15(10-13)26-6/h8-10H,7,11-12H2,1-6H3,(H,21,24). The number of aromatic nitrogens is 2. The molecule has 0 saturated carbocycles. The van der Waals surface area contributed by atoms with E-state index in [9.17, 15) is 4.79 Å². The van der Waals surface area contributed by atoms with Crippen LogP contribution in [-0.2, 0) is 11.3 Å². The lowest BCUT2D eigenvalue weighted by atomic mass is 10.1. The van der Waals surface area contributed by atoms with Crippen molar-refractivity contribution in [2.45, 2.75) is 39.8 Å². The fourth-order valence-electron chi connectivity index (χ4n) is 2.54. The number of rotatable bonds is 8. The number of hydrogen-bond acceptors (Lipinski definition) is 7. The first-order valence-corrected chi connectivity index (χ1v) is 8.84. The Morgan fingerprint density at radius 2 is 1.93 bits per heavy atom. The molecule has 1 amide bonds. The Labute approximate surface area is 159 Å². The molecule has 27 heavy (non-hydrogen) atoms. The van der Waals surface area contributed by atoms with Gasteiger partial charge in [-0.3, -0.25) is 9.69 Å². The van der Waals surface area contributed by atoms with Crippen LogP contribution in [0.5, 0.6) is 11.5 Å². The summed E-state index contributed by atoms with van der Waals surface area (Å²) >= 11 is 0. The highest BCUT2D eigenvalue weighted by Gasteiger charge is 2.18. The number of hydrogen-bond donors (Lipinski definition) is 1. The monoisotopic (exact) mass is 376 g/mol. The minimum absolute atomic E-state index is 0.0380. The number of amides is 1. The Bertz CT molecular complexity index is 767. The molecule has 0 radical (unpaired) electrons. The Kier molecular flexibility index (Phi) is 6.79. The summed E-state index contributed by atoms with van der Waals surface area (Å²) < 4.78 is 15.9. The highest BCUT2D eigenvalue weighted by Crippen LogP contribution is 2.31. The molecule has 0 atom stereocenters. The van der Waals surface area contributed by atoms with Gasteiger partial charge in [0.15, 0.2) is 11.5 Å². The fourth-order valence-corrected chi connectivity index (χ4v) is 2.54. The van der Waals surface area contributed by atoms with Crippen LogP contribution in [0.4, 0.5) is 0 Å². The summed E-state index contributed by atoms with van der Waals surface area (Å²) in [5.41, 5.74) is 0.498. The van der Waals surface area contributed by atoms with Crippen molar-refractivity contribution in [1.29, 1.82) is 0 Å². The molecule has 2 rings (SSSR count). The van der Waals surface area contributed by atoms with Crippen LogP contribution >= 0.6 is 0 Å². The van der Waals surface area contributed by atoms with Gasteiger partial charge in [-0.2, -0.15) is 4.98 Å². The lowest BCUT2D eigenvalue weighted by Gasteiger charge is -2.23. The molecule has 2 aromatic rings. The molecular formula is C19H28N4O4. The summed E-state index contributed by atoms with van der Waals surface area (Å²) in [7, 11) is 3.16. The number of likely N-dealkylation sites (N-methyl/N-ethyl adjacent to an activating group) is 1. The van der Waals surface area contributed by atoms with E-state index in [1.807, 2.05) is 38.7 Å². The molecular weight excluding hydrogens is 348 g/mol. The number of carbonyl (C=O) groups excluding carboxylic acids is 1. The number of carbonyl (C=O) groups is 1. The Morgan fingerprint density at radius 1 is 1.22 bits per heavy atom. The molecule has 0 aliphatic heterocycles. The van der Waals surface area contributed by atoms with Crippen molar-refractivity contribution >= 4 is 5.91 Å². The molecule has 0 aliphatic carbocycles. The molecule has 1 N–H and O–H groups in total. The predicted octanol–water partition coefficient (Wildman–Crippen LogP) is 2.49. The van der Waals surface area contributed by atoms with Gasteiger partial charge in [0.2, 0.25) is 17.6 Å². The minimum Gasteiger partial charge on any atom is -0.493 e. The quantitative estimate of drug-likeness (QED) is 0.757. The largest absolute Gasteiger partial charge is 0.493 e. The first-order valence-electron chi connectivity index (χ1n) is 8.84. The third-order valence-corrected chi connectivity index (χ3v) is 3.80. The number of nitrogens with zero attached hydrogens (tertiary/aromatic N) is 3. The molecule has 1 aromatic carbocycles. The second kappa shape index (κ2) is 8.85. The lowest BCUT2D eigenvalue weighted by Crippen LogP contribution is -2.45. The average molecular weight is 376 g/mol. The van der Waals surface area contributed by atoms with E-state index in [4.69, 9.17) is 14.0 Å². The van der Waals surface area contributed by atoms with Crippen molar-refractivity contribution in [3.8, 4) is 22.9 Å². The van der Waals surface area contributed by atoms with Crippen molar-refractivity contribution < 1.29 is 18.8 Å². The van der Waals surface area contributed by atoms with Gasteiger partial charge in [0.1, 0.15) is 0 Å². The molecule has 8 heteroatoms. The summed E-state index contributed by atoms with van der Waals surface area (Å²) in [6, 6.07) is 5.42. The van der Waals surface area contributed by atoms with Crippen molar-refractivity contribution in [3.63, 3.8) is 0 Å². The maximum atomic E-state index is 12.1. The third kappa shape index (κ3) is 5.96. The first-order chi connectivity index (χ1) is 12.8. The van der Waals surface area contributed by atoms with E-state index in [0.717, 1.165) is 5.56 Å². The summed E-state index contributed by atoms with van der Waals surface area (Å²) in [4.78, 5) is 18.5. The Morgan fingerprint density at radius 3 is 2.52 bits per heavy atom. The number of benzene rings is 1. The van der Waals surface area contributed by atoms with E-state index in [0.29, 0.717) is 36.3 Å². The van der Waals surface area contributed by atoms with Crippen LogP contribution < -0.4 is 14.8 Å². The highest BCUT2D eigenvalue weighted by atomic mass is 16.5. The van der Waals surface area contributed by atoms with E-state index in [1.54, 1.807) is 26.4 Å². The van der Waals surface area contributed by atoms with Crippen LogP contribution in [0.2, 0.25) is 0 Å². The van der Waals surface area contributed by atoms with E-state index in [-0.39, 0.29) is 18.0 Å². The summed E-state index contributed by atoms with van der Waals surface area (Å²) in [5, 5.41) is 6.98. The van der Waals surface area contributed by atoms with Crippen LogP contribution in [0.3, 0.4) is 0 Å². The Hall–Kier alpha value is -2.61. The normalized spacial score (nSPS) is 11.5. The van der Waals surface area contributed by atoms with Crippen LogP contribution in [-0.4, -0.2) is 53.8 Å². The average Bonchev–Trinajstić information content (AvgIpc) is 3.07. The third-order valence-electron chi connectivity index (χ3n) is 3.80. The van der Waals surface area contributed by atoms with Crippen molar-refractivity contribution in [2.24, 2.45) is 0 Å². The molecule has 8 nitrogen and oxygen atoms in total. The summed E-state index contributed by atoms with van der Waals surface area (Å²) in [5.74, 6) is 2.10. The van der Waals surface area contributed by atoms with Crippen LogP contribution in [0.1, 0.15) is 33.6 Å². The molecule has 1 heterocycles. The van der Waals surface area contributed by atoms with Gasteiger partial charge in [0.25, 0.3) is 0 Å². The van der Waals surface area contributed by atoms with Gasteiger partial charge in [-0.05, 0) is 45.5 Å². The predicted molar refractivity (Wildman–Crippen MR) is 102 cm³/mol. The zero-order valence-corrected chi connectivity index (χ0v) is 16.8. The topological polar surface area (TPSA) is 89.7 Å². The Balaban J connectivity index is 2.07.